The van der Waals surface area contributed by atoms with Crippen LogP contribution in [0.5, 0.6) is 5.75 Å². The Balaban J connectivity index is 1.77. The van der Waals surface area contributed by atoms with Crippen LogP contribution < -0.4 is 4.74 Å². The number of carbonyl (C=O) groups is 1. The van der Waals surface area contributed by atoms with Gasteiger partial charge in [0.05, 0.1) is 13.2 Å². The molecule has 2 heterocycles. The molecule has 5 nitrogen and oxygen atoms in total. The van der Waals surface area contributed by atoms with E-state index in [0.717, 1.165) is 25.3 Å². The van der Waals surface area contributed by atoms with Crippen LogP contribution >= 0.6 is 0 Å². The van der Waals surface area contributed by atoms with Gasteiger partial charge in [-0.1, -0.05) is 6.07 Å². The third-order valence-corrected chi connectivity index (χ3v) is 4.25. The van der Waals surface area contributed by atoms with E-state index in [9.17, 15) is 4.79 Å². The predicted molar refractivity (Wildman–Crippen MR) is 81.2 cm³/mol. The summed E-state index contributed by atoms with van der Waals surface area (Å²) < 4.78 is 10.7. The van der Waals surface area contributed by atoms with Crippen molar-refractivity contribution in [1.82, 2.24) is 4.90 Å². The molecule has 1 atom stereocenters. The molecule has 0 saturated heterocycles. The molecule has 0 aliphatic carbocycles. The van der Waals surface area contributed by atoms with Crippen molar-refractivity contribution < 1.29 is 19.1 Å². The lowest BCUT2D eigenvalue weighted by atomic mass is 9.98. The van der Waals surface area contributed by atoms with Crippen LogP contribution in [0.15, 0.2) is 34.7 Å². The normalized spacial score (nSPS) is 16.1. The zero-order valence-electron chi connectivity index (χ0n) is 12.7. The number of carboxylic acid groups (broad SMARTS) is 1. The molecule has 116 valence electrons. The van der Waals surface area contributed by atoms with Crippen LogP contribution in [-0.4, -0.2) is 29.6 Å². The molecule has 3 rings (SSSR count). The van der Waals surface area contributed by atoms with Gasteiger partial charge >= 0.3 is 5.97 Å². The molecule has 22 heavy (non-hydrogen) atoms. The molecule has 0 spiro atoms. The second-order valence-corrected chi connectivity index (χ2v) is 5.54. The van der Waals surface area contributed by atoms with Crippen LogP contribution in [0.3, 0.4) is 0 Å². The van der Waals surface area contributed by atoms with Gasteiger partial charge in [-0.25, -0.2) is 4.79 Å². The van der Waals surface area contributed by atoms with Crippen molar-refractivity contribution in [2.75, 3.05) is 13.7 Å². The first-order valence-electron chi connectivity index (χ1n) is 7.31. The van der Waals surface area contributed by atoms with Gasteiger partial charge in [0.15, 0.2) is 0 Å². The molecule has 0 bridgehead atoms. The van der Waals surface area contributed by atoms with Crippen molar-refractivity contribution in [2.45, 2.75) is 25.9 Å². The van der Waals surface area contributed by atoms with Crippen molar-refractivity contribution in [3.05, 3.63) is 53.0 Å². The summed E-state index contributed by atoms with van der Waals surface area (Å²) in [5, 5.41) is 8.95. The van der Waals surface area contributed by atoms with Gasteiger partial charge in [-0.15, -0.1) is 0 Å². The molecule has 1 unspecified atom stereocenters. The quantitative estimate of drug-likeness (QED) is 0.940. The SMILES string of the molecule is COc1ccc2c(c1)CCN(C(C)c1ccc(C(=O)O)o1)C2. The minimum Gasteiger partial charge on any atom is -0.497 e. The van der Waals surface area contributed by atoms with E-state index in [1.165, 1.54) is 17.2 Å². The smallest absolute Gasteiger partial charge is 0.371 e. The number of rotatable bonds is 4. The topological polar surface area (TPSA) is 62.9 Å². The molecule has 1 aromatic carbocycles. The number of fused-ring (bicyclic) bond motifs is 1. The lowest BCUT2D eigenvalue weighted by molar-refractivity contribution is 0.0655. The number of hydrogen-bond donors (Lipinski definition) is 1. The second-order valence-electron chi connectivity index (χ2n) is 5.54. The lowest BCUT2D eigenvalue weighted by Gasteiger charge is -2.32. The van der Waals surface area contributed by atoms with Crippen LogP contribution in [0.25, 0.3) is 0 Å². The highest BCUT2D eigenvalue weighted by molar-refractivity contribution is 5.84. The van der Waals surface area contributed by atoms with E-state index in [1.54, 1.807) is 13.2 Å². The fourth-order valence-corrected chi connectivity index (χ4v) is 2.88. The Morgan fingerprint density at radius 1 is 1.32 bits per heavy atom. The van der Waals surface area contributed by atoms with Crippen LogP contribution in [0.2, 0.25) is 0 Å². The number of aromatic carboxylic acids is 1. The van der Waals surface area contributed by atoms with Crippen molar-refractivity contribution >= 4 is 5.97 Å². The fraction of sp³-hybridized carbons (Fsp3) is 0.353. The summed E-state index contributed by atoms with van der Waals surface area (Å²) in [6, 6.07) is 9.46. The highest BCUT2D eigenvalue weighted by atomic mass is 16.5. The molecular formula is C17H19NO4. The Morgan fingerprint density at radius 2 is 2.14 bits per heavy atom. The number of hydrogen-bond acceptors (Lipinski definition) is 4. The summed E-state index contributed by atoms with van der Waals surface area (Å²) in [6.07, 6.45) is 0.948. The highest BCUT2D eigenvalue weighted by Gasteiger charge is 2.24. The van der Waals surface area contributed by atoms with Gasteiger partial charge in [-0.2, -0.15) is 0 Å². The van der Waals surface area contributed by atoms with Gasteiger partial charge in [0.2, 0.25) is 5.76 Å². The van der Waals surface area contributed by atoms with Crippen LogP contribution in [0.1, 0.15) is 40.4 Å². The first-order chi connectivity index (χ1) is 10.6. The van der Waals surface area contributed by atoms with Gasteiger partial charge in [-0.3, -0.25) is 4.90 Å². The van der Waals surface area contributed by atoms with Gasteiger partial charge in [0.25, 0.3) is 0 Å². The first-order valence-corrected chi connectivity index (χ1v) is 7.31. The van der Waals surface area contributed by atoms with Gasteiger partial charge in [0, 0.05) is 13.1 Å². The van der Waals surface area contributed by atoms with E-state index in [1.807, 2.05) is 13.0 Å². The van der Waals surface area contributed by atoms with Gasteiger partial charge < -0.3 is 14.3 Å². The molecule has 1 aliphatic heterocycles. The number of benzene rings is 1. The molecule has 2 aromatic rings. The van der Waals surface area contributed by atoms with Crippen LogP contribution in [-0.2, 0) is 13.0 Å². The van der Waals surface area contributed by atoms with Crippen molar-refractivity contribution in [3.63, 3.8) is 0 Å². The Bertz CT molecular complexity index is 692. The second kappa shape index (κ2) is 5.85. The van der Waals surface area contributed by atoms with Crippen molar-refractivity contribution in [3.8, 4) is 5.75 Å². The summed E-state index contributed by atoms with van der Waals surface area (Å²) in [5.41, 5.74) is 2.59. The third-order valence-electron chi connectivity index (χ3n) is 4.25. The average molecular weight is 301 g/mol. The standard InChI is InChI=1S/C17H19NO4/c1-11(15-5-6-16(22-15)17(19)20)18-8-7-12-9-14(21-2)4-3-13(12)10-18/h3-6,9,11H,7-8,10H2,1-2H3,(H,19,20). The Morgan fingerprint density at radius 3 is 2.82 bits per heavy atom. The maximum Gasteiger partial charge on any atom is 0.371 e. The number of ether oxygens (including phenoxy) is 1. The summed E-state index contributed by atoms with van der Waals surface area (Å²) >= 11 is 0. The molecule has 0 saturated carbocycles. The van der Waals surface area contributed by atoms with E-state index in [2.05, 4.69) is 17.0 Å². The minimum atomic E-state index is -1.03. The van der Waals surface area contributed by atoms with E-state index < -0.39 is 5.97 Å². The molecule has 1 aromatic heterocycles. The number of carboxylic acids is 1. The Kier molecular flexibility index (Phi) is 3.90. The summed E-state index contributed by atoms with van der Waals surface area (Å²) in [4.78, 5) is 13.2. The molecule has 0 fully saturated rings. The lowest BCUT2D eigenvalue weighted by Crippen LogP contribution is -2.32. The van der Waals surface area contributed by atoms with E-state index in [-0.39, 0.29) is 11.8 Å². The maximum absolute atomic E-state index is 10.9. The van der Waals surface area contributed by atoms with Gasteiger partial charge in [-0.05, 0) is 48.7 Å². The largest absolute Gasteiger partial charge is 0.497 e. The molecular weight excluding hydrogens is 282 g/mol. The summed E-state index contributed by atoms with van der Waals surface area (Å²) in [6.45, 7) is 3.77. The predicted octanol–water partition coefficient (Wildman–Crippen LogP) is 3.11. The monoisotopic (exact) mass is 301 g/mol. The van der Waals surface area contributed by atoms with E-state index >= 15 is 0 Å². The molecule has 1 N–H and O–H groups in total. The number of methoxy groups -OCH3 is 1. The third kappa shape index (κ3) is 2.72. The first kappa shape index (κ1) is 14.7. The zero-order valence-corrected chi connectivity index (χ0v) is 12.7. The Hall–Kier alpha value is -2.27. The Labute approximate surface area is 129 Å². The molecule has 5 heteroatoms. The minimum absolute atomic E-state index is 0.0102. The van der Waals surface area contributed by atoms with Crippen molar-refractivity contribution in [2.24, 2.45) is 0 Å². The number of nitrogens with zero attached hydrogens (tertiary/aromatic N) is 1. The zero-order chi connectivity index (χ0) is 15.7. The average Bonchev–Trinajstić information content (AvgIpc) is 3.03. The van der Waals surface area contributed by atoms with Crippen LogP contribution in [0, 0.1) is 0 Å². The number of furan rings is 1. The highest BCUT2D eigenvalue weighted by Crippen LogP contribution is 2.30. The van der Waals surface area contributed by atoms with Crippen LogP contribution in [0.4, 0.5) is 0 Å². The van der Waals surface area contributed by atoms with Crippen molar-refractivity contribution in [1.29, 1.82) is 0 Å². The maximum atomic E-state index is 10.9. The molecule has 0 radical (unpaired) electrons. The summed E-state index contributed by atoms with van der Waals surface area (Å²) in [5.74, 6) is 0.533. The summed E-state index contributed by atoms with van der Waals surface area (Å²) in [7, 11) is 1.68. The van der Waals surface area contributed by atoms with Gasteiger partial charge in [0.1, 0.15) is 11.5 Å². The van der Waals surface area contributed by atoms with E-state index in [4.69, 9.17) is 14.3 Å². The molecule has 1 aliphatic rings. The van der Waals surface area contributed by atoms with E-state index in [0.29, 0.717) is 5.76 Å². The fourth-order valence-electron chi connectivity index (χ4n) is 2.88. The molecule has 0 amide bonds.